The van der Waals surface area contributed by atoms with Gasteiger partial charge in [0.15, 0.2) is 0 Å². The van der Waals surface area contributed by atoms with Gasteiger partial charge in [-0.15, -0.1) is 0 Å². The molecule has 1 aromatic carbocycles. The number of fused-ring (bicyclic) bond motifs is 1. The molecule has 1 aromatic heterocycles. The van der Waals surface area contributed by atoms with Crippen LogP contribution in [0, 0.1) is 0 Å². The zero-order chi connectivity index (χ0) is 8.55. The van der Waals surface area contributed by atoms with Crippen LogP contribution in [0.5, 0.6) is 0 Å². The average Bonchev–Trinajstić information content (AvgIpc) is 2.40. The highest BCUT2D eigenvalue weighted by atomic mass is 15.2. The third-order valence-electron chi connectivity index (χ3n) is 1.87. The normalized spacial score (nSPS) is 10.8. The molecule has 0 radical (unpaired) electrons. The second-order valence-corrected chi connectivity index (χ2v) is 2.57. The number of nitrogens with two attached hydrogens (primary N) is 2. The predicted octanol–water partition coefficient (Wildman–Crippen LogP) is 0.535. The van der Waals surface area contributed by atoms with E-state index in [2.05, 4.69) is 4.98 Å². The molecule has 0 saturated carbocycles. The Kier molecular flexibility index (Phi) is 1.48. The van der Waals surface area contributed by atoms with E-state index in [0.717, 1.165) is 11.0 Å². The quantitative estimate of drug-likeness (QED) is 0.642. The summed E-state index contributed by atoms with van der Waals surface area (Å²) in [7, 11) is 0. The Labute approximate surface area is 69.8 Å². The van der Waals surface area contributed by atoms with E-state index in [1.54, 1.807) is 4.57 Å². The minimum atomic E-state index is 0.367. The maximum Gasteiger partial charge on any atom is 0.202 e. The number of rotatable bonds is 1. The van der Waals surface area contributed by atoms with Gasteiger partial charge in [-0.3, -0.25) is 4.57 Å². The van der Waals surface area contributed by atoms with Crippen molar-refractivity contribution in [1.82, 2.24) is 9.55 Å². The van der Waals surface area contributed by atoms with Crippen LogP contribution in [0.1, 0.15) is 0 Å². The Morgan fingerprint density at radius 2 is 2.08 bits per heavy atom. The molecule has 12 heavy (non-hydrogen) atoms. The second-order valence-electron chi connectivity index (χ2n) is 2.57. The fourth-order valence-electron chi connectivity index (χ4n) is 1.29. The van der Waals surface area contributed by atoms with Crippen LogP contribution in [0.2, 0.25) is 0 Å². The van der Waals surface area contributed by atoms with E-state index in [1.165, 1.54) is 0 Å². The van der Waals surface area contributed by atoms with Gasteiger partial charge in [0.1, 0.15) is 0 Å². The molecule has 0 aliphatic carbocycles. The maximum absolute atomic E-state index is 5.64. The van der Waals surface area contributed by atoms with Crippen LogP contribution in [0.3, 0.4) is 0 Å². The summed E-state index contributed by atoms with van der Waals surface area (Å²) in [5.41, 5.74) is 13.0. The largest absolute Gasteiger partial charge is 0.369 e. The van der Waals surface area contributed by atoms with Gasteiger partial charge in [0.25, 0.3) is 0 Å². The van der Waals surface area contributed by atoms with Crippen molar-refractivity contribution in [3.8, 4) is 0 Å². The molecule has 0 saturated heterocycles. The molecule has 0 bridgehead atoms. The number of aromatic nitrogens is 2. The molecule has 0 amide bonds. The van der Waals surface area contributed by atoms with E-state index in [0.29, 0.717) is 12.6 Å². The molecular weight excluding hydrogens is 152 g/mol. The van der Waals surface area contributed by atoms with E-state index in [9.17, 15) is 0 Å². The summed E-state index contributed by atoms with van der Waals surface area (Å²) in [6.45, 7) is 0.367. The lowest BCUT2D eigenvalue weighted by atomic mass is 10.3. The number of hydrogen-bond acceptors (Lipinski definition) is 3. The van der Waals surface area contributed by atoms with Crippen molar-refractivity contribution in [2.24, 2.45) is 5.73 Å². The number of para-hydroxylation sites is 2. The fraction of sp³-hybridized carbons (Fsp3) is 0.125. The molecule has 0 aliphatic heterocycles. The van der Waals surface area contributed by atoms with Crippen LogP contribution in [0.15, 0.2) is 24.3 Å². The van der Waals surface area contributed by atoms with Crippen LogP contribution >= 0.6 is 0 Å². The molecule has 1 heterocycles. The lowest BCUT2D eigenvalue weighted by Crippen LogP contribution is -2.09. The summed E-state index contributed by atoms with van der Waals surface area (Å²) in [6, 6.07) is 7.73. The van der Waals surface area contributed by atoms with Crippen LogP contribution in [0.25, 0.3) is 11.0 Å². The zero-order valence-corrected chi connectivity index (χ0v) is 6.57. The van der Waals surface area contributed by atoms with Crippen LogP contribution < -0.4 is 11.5 Å². The molecule has 2 aromatic rings. The topological polar surface area (TPSA) is 69.9 Å². The van der Waals surface area contributed by atoms with Crippen molar-refractivity contribution >= 4 is 17.0 Å². The standard InChI is InChI=1S/C8H10N4/c9-5-12-7-4-2-1-3-6(7)11-8(12)10/h1-4H,5,9H2,(H2,10,11). The minimum absolute atomic E-state index is 0.367. The van der Waals surface area contributed by atoms with E-state index >= 15 is 0 Å². The molecule has 0 unspecified atom stereocenters. The van der Waals surface area contributed by atoms with Crippen molar-refractivity contribution < 1.29 is 0 Å². The summed E-state index contributed by atoms with van der Waals surface area (Å²) >= 11 is 0. The number of nitrogens with zero attached hydrogens (tertiary/aromatic N) is 2. The first-order chi connectivity index (χ1) is 5.83. The third-order valence-corrected chi connectivity index (χ3v) is 1.87. The Bertz CT molecular complexity index is 404. The second kappa shape index (κ2) is 2.49. The van der Waals surface area contributed by atoms with Gasteiger partial charge >= 0.3 is 0 Å². The Balaban J connectivity index is 2.81. The van der Waals surface area contributed by atoms with Gasteiger partial charge in [-0.05, 0) is 12.1 Å². The summed E-state index contributed by atoms with van der Waals surface area (Å²) in [5, 5.41) is 0. The van der Waals surface area contributed by atoms with Gasteiger partial charge in [0, 0.05) is 0 Å². The predicted molar refractivity (Wildman–Crippen MR) is 48.3 cm³/mol. The smallest absolute Gasteiger partial charge is 0.202 e. The van der Waals surface area contributed by atoms with Crippen LogP contribution in [-0.4, -0.2) is 9.55 Å². The van der Waals surface area contributed by atoms with Gasteiger partial charge in [-0.25, -0.2) is 4.98 Å². The van der Waals surface area contributed by atoms with Gasteiger partial charge in [0.2, 0.25) is 5.95 Å². The molecule has 4 N–H and O–H groups in total. The molecular formula is C8H10N4. The molecule has 62 valence electrons. The lowest BCUT2D eigenvalue weighted by Gasteiger charge is -1.99. The molecule has 0 fully saturated rings. The lowest BCUT2D eigenvalue weighted by molar-refractivity contribution is 0.767. The average molecular weight is 162 g/mol. The van der Waals surface area contributed by atoms with E-state index in [4.69, 9.17) is 11.5 Å². The maximum atomic E-state index is 5.64. The van der Waals surface area contributed by atoms with E-state index in [-0.39, 0.29) is 0 Å². The number of benzene rings is 1. The summed E-state index contributed by atoms with van der Waals surface area (Å²) in [5.74, 6) is 0.471. The molecule has 0 atom stereocenters. The number of imidazole rings is 1. The molecule has 0 aliphatic rings. The van der Waals surface area contributed by atoms with Crippen molar-refractivity contribution in [3.63, 3.8) is 0 Å². The van der Waals surface area contributed by atoms with Gasteiger partial charge in [0.05, 0.1) is 17.7 Å². The monoisotopic (exact) mass is 162 g/mol. The van der Waals surface area contributed by atoms with Gasteiger partial charge in [-0.2, -0.15) is 0 Å². The molecule has 2 rings (SSSR count). The van der Waals surface area contributed by atoms with Crippen molar-refractivity contribution in [2.75, 3.05) is 5.73 Å². The number of anilines is 1. The summed E-state index contributed by atoms with van der Waals surface area (Å²) in [6.07, 6.45) is 0. The van der Waals surface area contributed by atoms with Crippen LogP contribution in [0.4, 0.5) is 5.95 Å². The van der Waals surface area contributed by atoms with E-state index < -0.39 is 0 Å². The Hall–Kier alpha value is -1.55. The third kappa shape index (κ3) is 0.853. The molecule has 0 spiro atoms. The highest BCUT2D eigenvalue weighted by Gasteiger charge is 2.03. The first kappa shape index (κ1) is 7.12. The SMILES string of the molecule is NCn1c(N)nc2ccccc21. The first-order valence-corrected chi connectivity index (χ1v) is 3.73. The van der Waals surface area contributed by atoms with E-state index in [1.807, 2.05) is 24.3 Å². The Morgan fingerprint density at radius 1 is 1.33 bits per heavy atom. The van der Waals surface area contributed by atoms with Gasteiger partial charge < -0.3 is 11.5 Å². The van der Waals surface area contributed by atoms with Crippen molar-refractivity contribution in [1.29, 1.82) is 0 Å². The first-order valence-electron chi connectivity index (χ1n) is 3.73. The fourth-order valence-corrected chi connectivity index (χ4v) is 1.29. The zero-order valence-electron chi connectivity index (χ0n) is 6.57. The number of hydrogen-bond donors (Lipinski definition) is 2. The Morgan fingerprint density at radius 3 is 2.83 bits per heavy atom. The summed E-state index contributed by atoms with van der Waals surface area (Å²) < 4.78 is 1.77. The van der Waals surface area contributed by atoms with Crippen molar-refractivity contribution in [2.45, 2.75) is 6.67 Å². The molecule has 4 nitrogen and oxygen atoms in total. The molecule has 4 heteroatoms. The number of nitrogen functional groups attached to an aromatic ring is 1. The van der Waals surface area contributed by atoms with Crippen LogP contribution in [-0.2, 0) is 6.67 Å². The highest BCUT2D eigenvalue weighted by Crippen LogP contribution is 2.15. The van der Waals surface area contributed by atoms with Crippen molar-refractivity contribution in [3.05, 3.63) is 24.3 Å². The highest BCUT2D eigenvalue weighted by molar-refractivity contribution is 5.78. The summed E-state index contributed by atoms with van der Waals surface area (Å²) in [4.78, 5) is 4.14. The van der Waals surface area contributed by atoms with Gasteiger partial charge in [-0.1, -0.05) is 12.1 Å². The minimum Gasteiger partial charge on any atom is -0.369 e.